The summed E-state index contributed by atoms with van der Waals surface area (Å²) >= 11 is 1.61. The van der Waals surface area contributed by atoms with E-state index >= 15 is 0 Å². The van der Waals surface area contributed by atoms with Gasteiger partial charge in [0.05, 0.1) is 18.9 Å². The second-order valence-corrected chi connectivity index (χ2v) is 7.47. The molecule has 1 saturated heterocycles. The molecule has 4 rings (SSSR count). The Balaban J connectivity index is 1.54. The zero-order chi connectivity index (χ0) is 19.2. The van der Waals surface area contributed by atoms with Crippen molar-refractivity contribution >= 4 is 11.8 Å². The van der Waals surface area contributed by atoms with Crippen molar-refractivity contribution in [3.05, 3.63) is 60.2 Å². The average molecular weight is 399 g/mol. The molecule has 28 heavy (non-hydrogen) atoms. The lowest BCUT2D eigenvalue weighted by atomic mass is 10.2. The molecule has 0 aliphatic carbocycles. The highest BCUT2D eigenvalue weighted by molar-refractivity contribution is 7.98. The third-order valence-corrected chi connectivity index (χ3v) is 5.64. The van der Waals surface area contributed by atoms with E-state index in [0.29, 0.717) is 0 Å². The van der Waals surface area contributed by atoms with E-state index in [2.05, 4.69) is 24.6 Å². The molecule has 0 saturated carbocycles. The first-order chi connectivity index (χ1) is 13.8. The number of hydrogen-bond acceptors (Lipinski definition) is 6. The standard InChI is InChI=1S/C20H22FN5OS/c21-17-6-4-16(5-7-17)19-23-24-20(28-15-18-3-1-2-8-22-18)26(19)10-9-25-11-13-27-14-12-25/h1-8H,9-15H2. The van der Waals surface area contributed by atoms with Crippen LogP contribution in [0.15, 0.2) is 53.8 Å². The van der Waals surface area contributed by atoms with Gasteiger partial charge in [-0.2, -0.15) is 0 Å². The fourth-order valence-corrected chi connectivity index (χ4v) is 3.98. The van der Waals surface area contributed by atoms with Crippen LogP contribution in [-0.2, 0) is 17.0 Å². The van der Waals surface area contributed by atoms with Gasteiger partial charge in [0.15, 0.2) is 11.0 Å². The van der Waals surface area contributed by atoms with Crippen LogP contribution in [0.4, 0.5) is 4.39 Å². The molecule has 0 unspecified atom stereocenters. The van der Waals surface area contributed by atoms with E-state index in [0.717, 1.165) is 67.4 Å². The molecule has 3 heterocycles. The molecule has 146 valence electrons. The summed E-state index contributed by atoms with van der Waals surface area (Å²) in [4.78, 5) is 6.76. The van der Waals surface area contributed by atoms with E-state index in [-0.39, 0.29) is 5.82 Å². The highest BCUT2D eigenvalue weighted by atomic mass is 32.2. The number of aromatic nitrogens is 4. The monoisotopic (exact) mass is 399 g/mol. The van der Waals surface area contributed by atoms with E-state index in [1.54, 1.807) is 30.1 Å². The number of thioether (sulfide) groups is 1. The van der Waals surface area contributed by atoms with Crippen molar-refractivity contribution in [2.75, 3.05) is 32.8 Å². The fourth-order valence-electron chi connectivity index (χ4n) is 3.10. The van der Waals surface area contributed by atoms with Crippen LogP contribution in [0.5, 0.6) is 0 Å². The first-order valence-electron chi connectivity index (χ1n) is 9.31. The summed E-state index contributed by atoms with van der Waals surface area (Å²) < 4.78 is 20.9. The quantitative estimate of drug-likeness (QED) is 0.569. The molecule has 6 nitrogen and oxygen atoms in total. The van der Waals surface area contributed by atoms with Crippen LogP contribution in [0.3, 0.4) is 0 Å². The lowest BCUT2D eigenvalue weighted by molar-refractivity contribution is 0.0361. The summed E-state index contributed by atoms with van der Waals surface area (Å²) in [6.45, 7) is 5.08. The van der Waals surface area contributed by atoms with Gasteiger partial charge in [-0.15, -0.1) is 10.2 Å². The number of halogens is 1. The largest absolute Gasteiger partial charge is 0.379 e. The summed E-state index contributed by atoms with van der Waals surface area (Å²) in [7, 11) is 0. The van der Waals surface area contributed by atoms with Crippen molar-refractivity contribution in [1.82, 2.24) is 24.6 Å². The Labute approximate surface area is 167 Å². The highest BCUT2D eigenvalue weighted by Gasteiger charge is 2.17. The number of morpholine rings is 1. The van der Waals surface area contributed by atoms with Crippen molar-refractivity contribution in [3.8, 4) is 11.4 Å². The first kappa shape index (κ1) is 19.0. The molecule has 0 spiro atoms. The van der Waals surface area contributed by atoms with Crippen molar-refractivity contribution in [2.24, 2.45) is 0 Å². The normalized spacial score (nSPS) is 15.0. The molecule has 1 aliphatic rings. The molecule has 0 N–H and O–H groups in total. The summed E-state index contributed by atoms with van der Waals surface area (Å²) in [5.41, 5.74) is 1.86. The van der Waals surface area contributed by atoms with Gasteiger partial charge in [0.1, 0.15) is 5.82 Å². The summed E-state index contributed by atoms with van der Waals surface area (Å²) in [5, 5.41) is 9.65. The first-order valence-corrected chi connectivity index (χ1v) is 10.3. The summed E-state index contributed by atoms with van der Waals surface area (Å²) in [6.07, 6.45) is 1.79. The van der Waals surface area contributed by atoms with Gasteiger partial charge in [-0.1, -0.05) is 17.8 Å². The van der Waals surface area contributed by atoms with E-state index in [9.17, 15) is 4.39 Å². The third-order valence-electron chi connectivity index (χ3n) is 4.64. The molecule has 3 aromatic rings. The second-order valence-electron chi connectivity index (χ2n) is 6.53. The molecule has 1 fully saturated rings. The lowest BCUT2D eigenvalue weighted by Crippen LogP contribution is -2.38. The fraction of sp³-hybridized carbons (Fsp3) is 0.350. The van der Waals surface area contributed by atoms with Crippen molar-refractivity contribution < 1.29 is 9.13 Å². The van der Waals surface area contributed by atoms with E-state index in [1.807, 2.05) is 18.2 Å². The van der Waals surface area contributed by atoms with Gasteiger partial charge in [0.2, 0.25) is 0 Å². The summed E-state index contributed by atoms with van der Waals surface area (Å²) in [6, 6.07) is 12.3. The van der Waals surface area contributed by atoms with Gasteiger partial charge >= 0.3 is 0 Å². The van der Waals surface area contributed by atoms with Gasteiger partial charge in [0.25, 0.3) is 0 Å². The zero-order valence-electron chi connectivity index (χ0n) is 15.5. The van der Waals surface area contributed by atoms with Gasteiger partial charge < -0.3 is 9.30 Å². The van der Waals surface area contributed by atoms with Gasteiger partial charge in [0, 0.05) is 43.7 Å². The maximum atomic E-state index is 13.3. The second kappa shape index (κ2) is 9.27. The van der Waals surface area contributed by atoms with E-state index < -0.39 is 0 Å². The van der Waals surface area contributed by atoms with Crippen LogP contribution in [0.2, 0.25) is 0 Å². The SMILES string of the molecule is Fc1ccc(-c2nnc(SCc3ccccn3)n2CCN2CCOCC2)cc1. The predicted octanol–water partition coefficient (Wildman–Crippen LogP) is 3.10. The predicted molar refractivity (Wildman–Crippen MR) is 106 cm³/mol. The average Bonchev–Trinajstić information content (AvgIpc) is 3.15. The van der Waals surface area contributed by atoms with E-state index in [4.69, 9.17) is 4.74 Å². The number of rotatable bonds is 7. The highest BCUT2D eigenvalue weighted by Crippen LogP contribution is 2.26. The minimum Gasteiger partial charge on any atom is -0.379 e. The van der Waals surface area contributed by atoms with Crippen LogP contribution in [0, 0.1) is 5.82 Å². The maximum absolute atomic E-state index is 13.3. The minimum absolute atomic E-state index is 0.257. The molecule has 0 bridgehead atoms. The van der Waals surface area contributed by atoms with Crippen LogP contribution < -0.4 is 0 Å². The smallest absolute Gasteiger partial charge is 0.191 e. The van der Waals surface area contributed by atoms with Crippen LogP contribution in [0.25, 0.3) is 11.4 Å². The molecule has 1 aromatic carbocycles. The molecular weight excluding hydrogens is 377 g/mol. The number of hydrogen-bond donors (Lipinski definition) is 0. The Kier molecular flexibility index (Phi) is 6.31. The number of nitrogens with zero attached hydrogens (tertiary/aromatic N) is 5. The molecule has 8 heteroatoms. The summed E-state index contributed by atoms with van der Waals surface area (Å²) in [5.74, 6) is 1.23. The van der Waals surface area contributed by atoms with Gasteiger partial charge in [-0.25, -0.2) is 4.39 Å². The van der Waals surface area contributed by atoms with Crippen molar-refractivity contribution in [3.63, 3.8) is 0 Å². The Hall–Kier alpha value is -2.29. The maximum Gasteiger partial charge on any atom is 0.191 e. The molecular formula is C20H22FN5OS. The Morgan fingerprint density at radius 3 is 2.57 bits per heavy atom. The van der Waals surface area contributed by atoms with Crippen LogP contribution in [-0.4, -0.2) is 57.5 Å². The number of benzene rings is 1. The van der Waals surface area contributed by atoms with Gasteiger partial charge in [-0.3, -0.25) is 9.88 Å². The molecule has 2 aromatic heterocycles. The lowest BCUT2D eigenvalue weighted by Gasteiger charge is -2.27. The number of pyridine rings is 1. The molecule has 0 amide bonds. The zero-order valence-corrected chi connectivity index (χ0v) is 16.3. The van der Waals surface area contributed by atoms with Crippen LogP contribution >= 0.6 is 11.8 Å². The molecule has 0 radical (unpaired) electrons. The molecule has 0 atom stereocenters. The van der Waals surface area contributed by atoms with E-state index in [1.165, 1.54) is 12.1 Å². The molecule has 1 aliphatic heterocycles. The Bertz CT molecular complexity index is 881. The Morgan fingerprint density at radius 1 is 1.00 bits per heavy atom. The third kappa shape index (κ3) is 4.76. The van der Waals surface area contributed by atoms with Crippen molar-refractivity contribution in [2.45, 2.75) is 17.5 Å². The van der Waals surface area contributed by atoms with Crippen LogP contribution in [0.1, 0.15) is 5.69 Å². The Morgan fingerprint density at radius 2 is 1.82 bits per heavy atom. The number of ether oxygens (including phenoxy) is 1. The topological polar surface area (TPSA) is 56.1 Å². The van der Waals surface area contributed by atoms with Gasteiger partial charge in [-0.05, 0) is 36.4 Å². The minimum atomic E-state index is -0.257. The van der Waals surface area contributed by atoms with Crippen molar-refractivity contribution in [1.29, 1.82) is 0 Å².